The van der Waals surface area contributed by atoms with E-state index in [-0.39, 0.29) is 17.9 Å². The van der Waals surface area contributed by atoms with Crippen molar-refractivity contribution < 1.29 is 4.79 Å². The molecule has 0 fully saturated rings. The number of amides is 1. The monoisotopic (exact) mass is 331 g/mol. The first-order valence-electron chi connectivity index (χ1n) is 7.41. The van der Waals surface area contributed by atoms with Crippen LogP contribution >= 0.6 is 11.6 Å². The minimum Gasteiger partial charge on any atom is -0.328 e. The molecule has 0 spiro atoms. The van der Waals surface area contributed by atoms with E-state index in [1.165, 1.54) is 6.33 Å². The molecule has 0 saturated heterocycles. The van der Waals surface area contributed by atoms with Gasteiger partial charge in [-0.05, 0) is 37.1 Å². The normalized spacial score (nSPS) is 17.0. The lowest BCUT2D eigenvalue weighted by atomic mass is 9.92. The largest absolute Gasteiger partial charge is 0.328 e. The molecular weight excluding hydrogens is 314 g/mol. The van der Waals surface area contributed by atoms with Gasteiger partial charge in [-0.1, -0.05) is 25.4 Å². The fraction of sp³-hybridized carbons (Fsp3) is 0.312. The zero-order valence-electron chi connectivity index (χ0n) is 13.2. The summed E-state index contributed by atoms with van der Waals surface area (Å²) in [7, 11) is 0. The third kappa shape index (κ3) is 2.94. The number of benzene rings is 1. The zero-order chi connectivity index (χ0) is 16.6. The van der Waals surface area contributed by atoms with Gasteiger partial charge in [-0.3, -0.25) is 4.79 Å². The van der Waals surface area contributed by atoms with Crippen LogP contribution in [0.4, 0.5) is 11.6 Å². The second kappa shape index (κ2) is 6.04. The Balaban J connectivity index is 1.92. The number of aromatic nitrogens is 3. The molecule has 0 unspecified atom stereocenters. The Hall–Kier alpha value is -2.34. The van der Waals surface area contributed by atoms with Crippen LogP contribution in [0.3, 0.4) is 0 Å². The van der Waals surface area contributed by atoms with E-state index >= 15 is 0 Å². The average molecular weight is 332 g/mol. The molecule has 3 rings (SSSR count). The van der Waals surface area contributed by atoms with Crippen LogP contribution in [-0.2, 0) is 4.79 Å². The summed E-state index contributed by atoms with van der Waals surface area (Å²) in [5.41, 5.74) is 2.15. The summed E-state index contributed by atoms with van der Waals surface area (Å²) in [5, 5.41) is 10.9. The summed E-state index contributed by atoms with van der Waals surface area (Å²) < 4.78 is 1.76. The quantitative estimate of drug-likeness (QED) is 0.903. The number of fused-ring (bicyclic) bond motifs is 1. The Morgan fingerprint density at radius 3 is 2.70 bits per heavy atom. The molecule has 1 aromatic carbocycles. The van der Waals surface area contributed by atoms with E-state index in [1.54, 1.807) is 28.9 Å². The molecule has 0 radical (unpaired) electrons. The molecule has 0 saturated carbocycles. The fourth-order valence-electron chi connectivity index (χ4n) is 2.77. The van der Waals surface area contributed by atoms with E-state index in [1.807, 2.05) is 6.92 Å². The number of nitrogens with one attached hydrogen (secondary N) is 2. The molecule has 23 heavy (non-hydrogen) atoms. The molecule has 1 aliphatic heterocycles. The standard InChI is InChI=1S/C16H18ClN5O/c1-9(2)14-13(10(3)20-16-18-8-19-22(14)16)15(23)21-12-6-4-11(17)5-7-12/h4-9,14H,1-3H3,(H,21,23)(H,18,19,20)/t14-/m1/s1. The van der Waals surface area contributed by atoms with Crippen molar-refractivity contribution in [1.82, 2.24) is 14.8 Å². The lowest BCUT2D eigenvalue weighted by Crippen LogP contribution is -2.33. The number of nitrogens with zero attached hydrogens (tertiary/aromatic N) is 3. The lowest BCUT2D eigenvalue weighted by Gasteiger charge is -2.30. The summed E-state index contributed by atoms with van der Waals surface area (Å²) in [6.07, 6.45) is 1.49. The van der Waals surface area contributed by atoms with Gasteiger partial charge in [-0.15, -0.1) is 0 Å². The molecule has 1 atom stereocenters. The van der Waals surface area contributed by atoms with Crippen molar-refractivity contribution in [2.24, 2.45) is 5.92 Å². The van der Waals surface area contributed by atoms with Crippen molar-refractivity contribution in [1.29, 1.82) is 0 Å². The fourth-order valence-corrected chi connectivity index (χ4v) is 2.90. The van der Waals surface area contributed by atoms with Gasteiger partial charge >= 0.3 is 0 Å². The highest BCUT2D eigenvalue weighted by Crippen LogP contribution is 2.35. The number of halogens is 1. The Bertz CT molecular complexity index is 763. The Labute approximate surface area is 139 Å². The third-order valence-electron chi connectivity index (χ3n) is 3.81. The van der Waals surface area contributed by atoms with Gasteiger partial charge < -0.3 is 10.6 Å². The second-order valence-corrected chi connectivity index (χ2v) is 6.28. The van der Waals surface area contributed by atoms with Crippen LogP contribution in [0.15, 0.2) is 41.9 Å². The van der Waals surface area contributed by atoms with Crippen LogP contribution in [0.1, 0.15) is 26.8 Å². The number of carbonyl (C=O) groups is 1. The SMILES string of the molecule is CC1=C(C(=O)Nc2ccc(Cl)cc2)[C@@H](C(C)C)n2ncnc2N1. The number of rotatable bonds is 3. The van der Waals surface area contributed by atoms with Crippen molar-refractivity contribution in [2.75, 3.05) is 10.6 Å². The minimum atomic E-state index is -0.166. The zero-order valence-corrected chi connectivity index (χ0v) is 13.9. The topological polar surface area (TPSA) is 71.8 Å². The molecule has 2 heterocycles. The molecule has 1 amide bonds. The number of anilines is 2. The number of hydrogen-bond donors (Lipinski definition) is 2. The Kier molecular flexibility index (Phi) is 4.09. The molecular formula is C16H18ClN5O. The molecule has 120 valence electrons. The summed E-state index contributed by atoms with van der Waals surface area (Å²) >= 11 is 5.88. The highest BCUT2D eigenvalue weighted by molar-refractivity contribution is 6.30. The van der Waals surface area contributed by atoms with Gasteiger partial charge in [0.25, 0.3) is 5.91 Å². The van der Waals surface area contributed by atoms with Gasteiger partial charge in [-0.25, -0.2) is 4.68 Å². The summed E-state index contributed by atoms with van der Waals surface area (Å²) in [6.45, 7) is 6.00. The summed E-state index contributed by atoms with van der Waals surface area (Å²) in [4.78, 5) is 17.0. The maximum absolute atomic E-state index is 12.8. The van der Waals surface area contributed by atoms with Crippen molar-refractivity contribution in [3.8, 4) is 0 Å². The van der Waals surface area contributed by atoms with Crippen molar-refractivity contribution in [3.05, 3.63) is 46.9 Å². The predicted molar refractivity (Wildman–Crippen MR) is 90.3 cm³/mol. The van der Waals surface area contributed by atoms with E-state index in [9.17, 15) is 4.79 Å². The molecule has 0 aliphatic carbocycles. The van der Waals surface area contributed by atoms with Crippen molar-refractivity contribution in [2.45, 2.75) is 26.8 Å². The van der Waals surface area contributed by atoms with Gasteiger partial charge in [0.2, 0.25) is 5.95 Å². The highest BCUT2D eigenvalue weighted by atomic mass is 35.5. The third-order valence-corrected chi connectivity index (χ3v) is 4.07. The predicted octanol–water partition coefficient (Wildman–Crippen LogP) is 3.47. The smallest absolute Gasteiger partial charge is 0.255 e. The first-order valence-corrected chi connectivity index (χ1v) is 7.79. The Morgan fingerprint density at radius 1 is 1.35 bits per heavy atom. The van der Waals surface area contributed by atoms with E-state index < -0.39 is 0 Å². The van der Waals surface area contributed by atoms with Crippen LogP contribution < -0.4 is 10.6 Å². The van der Waals surface area contributed by atoms with E-state index in [0.29, 0.717) is 22.2 Å². The van der Waals surface area contributed by atoms with Crippen LogP contribution in [0.2, 0.25) is 5.02 Å². The van der Waals surface area contributed by atoms with Gasteiger partial charge in [0.05, 0.1) is 11.6 Å². The minimum absolute atomic E-state index is 0.155. The molecule has 6 nitrogen and oxygen atoms in total. The van der Waals surface area contributed by atoms with Crippen LogP contribution in [0.25, 0.3) is 0 Å². The van der Waals surface area contributed by atoms with E-state index in [0.717, 1.165) is 5.70 Å². The molecule has 0 bridgehead atoms. The van der Waals surface area contributed by atoms with Crippen molar-refractivity contribution >= 4 is 29.1 Å². The summed E-state index contributed by atoms with van der Waals surface area (Å²) in [5.74, 6) is 0.694. The van der Waals surface area contributed by atoms with Crippen LogP contribution in [0.5, 0.6) is 0 Å². The molecule has 1 aromatic heterocycles. The van der Waals surface area contributed by atoms with Crippen LogP contribution in [0, 0.1) is 5.92 Å². The lowest BCUT2D eigenvalue weighted by molar-refractivity contribution is -0.113. The Morgan fingerprint density at radius 2 is 2.04 bits per heavy atom. The van der Waals surface area contributed by atoms with E-state index in [2.05, 4.69) is 34.6 Å². The number of carbonyl (C=O) groups excluding carboxylic acids is 1. The maximum Gasteiger partial charge on any atom is 0.255 e. The first kappa shape index (κ1) is 15.6. The maximum atomic E-state index is 12.8. The average Bonchev–Trinajstić information content (AvgIpc) is 2.95. The highest BCUT2D eigenvalue weighted by Gasteiger charge is 2.34. The molecule has 1 aliphatic rings. The molecule has 2 aromatic rings. The van der Waals surface area contributed by atoms with Gasteiger partial charge in [-0.2, -0.15) is 10.1 Å². The van der Waals surface area contributed by atoms with E-state index in [4.69, 9.17) is 11.6 Å². The first-order chi connectivity index (χ1) is 11.0. The van der Waals surface area contributed by atoms with Gasteiger partial charge in [0, 0.05) is 16.4 Å². The van der Waals surface area contributed by atoms with Crippen molar-refractivity contribution in [3.63, 3.8) is 0 Å². The number of hydrogen-bond acceptors (Lipinski definition) is 4. The van der Waals surface area contributed by atoms with Crippen LogP contribution in [-0.4, -0.2) is 20.7 Å². The van der Waals surface area contributed by atoms with Gasteiger partial charge in [0.15, 0.2) is 0 Å². The van der Waals surface area contributed by atoms with Gasteiger partial charge in [0.1, 0.15) is 6.33 Å². The molecule has 7 heteroatoms. The number of allylic oxidation sites excluding steroid dienone is 1. The summed E-state index contributed by atoms with van der Waals surface area (Å²) in [6, 6.07) is 6.87. The second-order valence-electron chi connectivity index (χ2n) is 5.84. The molecule has 2 N–H and O–H groups in total.